The van der Waals surface area contributed by atoms with Crippen molar-refractivity contribution in [3.63, 3.8) is 0 Å². The Hall–Kier alpha value is -0.680. The Kier molecular flexibility index (Phi) is 3.83. The smallest absolute Gasteiger partial charge is 0.150 e. The van der Waals surface area contributed by atoms with Gasteiger partial charge in [-0.05, 0) is 28.9 Å². The van der Waals surface area contributed by atoms with Crippen LogP contribution in [0.1, 0.15) is 6.92 Å². The van der Waals surface area contributed by atoms with E-state index in [4.69, 9.17) is 5.11 Å². The molecule has 2 N–H and O–H groups in total. The Labute approximate surface area is 89.1 Å². The van der Waals surface area contributed by atoms with Crippen molar-refractivity contribution in [2.24, 2.45) is 0 Å². The summed E-state index contributed by atoms with van der Waals surface area (Å²) in [4.78, 5) is 0. The zero-order valence-corrected chi connectivity index (χ0v) is 9.11. The van der Waals surface area contributed by atoms with Crippen molar-refractivity contribution in [1.29, 1.82) is 0 Å². The summed E-state index contributed by atoms with van der Waals surface area (Å²) in [5.74, 6) is -1.32. The maximum atomic E-state index is 13.1. The van der Waals surface area contributed by atoms with E-state index < -0.39 is 17.7 Å². The Morgan fingerprint density at radius 2 is 2.14 bits per heavy atom. The highest BCUT2D eigenvalue weighted by Crippen LogP contribution is 2.26. The lowest BCUT2D eigenvalue weighted by Crippen LogP contribution is -2.16. The molecule has 1 atom stereocenters. The van der Waals surface area contributed by atoms with Crippen LogP contribution in [0.15, 0.2) is 16.6 Å². The number of hydrogen-bond acceptors (Lipinski definition) is 2. The molecule has 0 aliphatic heterocycles. The second-order valence-electron chi connectivity index (χ2n) is 2.97. The summed E-state index contributed by atoms with van der Waals surface area (Å²) in [6.45, 7) is 1.78. The van der Waals surface area contributed by atoms with Gasteiger partial charge in [0.25, 0.3) is 0 Å². The molecule has 78 valence electrons. The highest BCUT2D eigenvalue weighted by molar-refractivity contribution is 9.10. The normalized spacial score (nSPS) is 12.6. The van der Waals surface area contributed by atoms with Crippen LogP contribution in [0.4, 0.5) is 14.5 Å². The van der Waals surface area contributed by atoms with E-state index in [0.717, 1.165) is 12.1 Å². The molecule has 0 aliphatic carbocycles. The van der Waals surface area contributed by atoms with Gasteiger partial charge in [-0.25, -0.2) is 8.78 Å². The topological polar surface area (TPSA) is 32.3 Å². The molecule has 1 aromatic rings. The second kappa shape index (κ2) is 4.70. The van der Waals surface area contributed by atoms with Crippen molar-refractivity contribution in [2.45, 2.75) is 13.0 Å². The monoisotopic (exact) mass is 265 g/mol. The lowest BCUT2D eigenvalue weighted by atomic mass is 10.3. The molecule has 0 unspecified atom stereocenters. The average Bonchev–Trinajstić information content (AvgIpc) is 2.01. The summed E-state index contributed by atoms with van der Waals surface area (Å²) in [7, 11) is 0. The molecule has 5 heteroatoms. The summed E-state index contributed by atoms with van der Waals surface area (Å²) >= 11 is 3.02. The molecule has 0 heterocycles. The van der Waals surface area contributed by atoms with Gasteiger partial charge >= 0.3 is 0 Å². The highest BCUT2D eigenvalue weighted by Gasteiger charge is 2.09. The minimum atomic E-state index is -0.683. The number of rotatable bonds is 3. The molecule has 0 saturated heterocycles. The van der Waals surface area contributed by atoms with Gasteiger partial charge in [0, 0.05) is 17.1 Å². The fourth-order valence-corrected chi connectivity index (χ4v) is 1.51. The van der Waals surface area contributed by atoms with Crippen molar-refractivity contribution in [2.75, 3.05) is 11.9 Å². The van der Waals surface area contributed by atoms with Gasteiger partial charge in [-0.2, -0.15) is 0 Å². The number of aliphatic hydroxyl groups is 1. The molecule has 1 rings (SSSR count). The fraction of sp³-hybridized carbons (Fsp3) is 0.333. The predicted molar refractivity (Wildman–Crippen MR) is 54.2 cm³/mol. The quantitative estimate of drug-likeness (QED) is 0.881. The van der Waals surface area contributed by atoms with E-state index in [2.05, 4.69) is 21.2 Å². The minimum Gasteiger partial charge on any atom is -0.392 e. The molecule has 2 nitrogen and oxygen atoms in total. The third-order valence-corrected chi connectivity index (χ3v) is 2.21. The first-order valence-corrected chi connectivity index (χ1v) is 4.86. The first-order chi connectivity index (χ1) is 6.50. The number of aliphatic hydroxyl groups excluding tert-OH is 1. The molecule has 0 aliphatic rings. The number of nitrogens with one attached hydrogen (secondary N) is 1. The van der Waals surface area contributed by atoms with Crippen LogP contribution in [0.5, 0.6) is 0 Å². The third kappa shape index (κ3) is 2.92. The zero-order chi connectivity index (χ0) is 10.7. The number of benzene rings is 1. The van der Waals surface area contributed by atoms with Gasteiger partial charge in [0.2, 0.25) is 0 Å². The molecule has 0 amide bonds. The molecule has 0 bridgehead atoms. The Balaban J connectivity index is 2.86. The summed E-state index contributed by atoms with van der Waals surface area (Å²) in [5.41, 5.74) is 0.160. The van der Waals surface area contributed by atoms with E-state index in [1.807, 2.05) is 0 Å². The lowest BCUT2D eigenvalue weighted by molar-refractivity contribution is 0.208. The van der Waals surface area contributed by atoms with Gasteiger partial charge < -0.3 is 10.4 Å². The van der Waals surface area contributed by atoms with Gasteiger partial charge in [-0.1, -0.05) is 0 Å². The molecule has 0 spiro atoms. The fourth-order valence-electron chi connectivity index (χ4n) is 0.961. The predicted octanol–water partition coefficient (Wildman–Crippen LogP) is 2.52. The Morgan fingerprint density at radius 3 is 2.64 bits per heavy atom. The van der Waals surface area contributed by atoms with E-state index in [9.17, 15) is 8.78 Å². The van der Waals surface area contributed by atoms with E-state index >= 15 is 0 Å². The third-order valence-electron chi connectivity index (χ3n) is 1.58. The molecule has 0 aromatic heterocycles. The standard InChI is InChI=1S/C9H10BrF2NO/c1-5(14)4-13-9-7(10)2-6(11)3-8(9)12/h2-3,5,13-14H,4H2,1H3/t5-/m1/s1. The van der Waals surface area contributed by atoms with E-state index in [0.29, 0.717) is 4.47 Å². The lowest BCUT2D eigenvalue weighted by Gasteiger charge is -2.11. The van der Waals surface area contributed by atoms with Gasteiger partial charge in [0.15, 0.2) is 0 Å². The number of halogens is 3. The van der Waals surface area contributed by atoms with E-state index in [-0.39, 0.29) is 12.2 Å². The van der Waals surface area contributed by atoms with Crippen LogP contribution in [-0.2, 0) is 0 Å². The summed E-state index contributed by atoms with van der Waals surface area (Å²) < 4.78 is 26.1. The number of anilines is 1. The van der Waals surface area contributed by atoms with Crippen LogP contribution < -0.4 is 5.32 Å². The maximum Gasteiger partial charge on any atom is 0.150 e. The van der Waals surface area contributed by atoms with Crippen LogP contribution >= 0.6 is 15.9 Å². The Morgan fingerprint density at radius 1 is 1.50 bits per heavy atom. The summed E-state index contributed by atoms with van der Waals surface area (Å²) in [6, 6.07) is 1.95. The molecule has 14 heavy (non-hydrogen) atoms. The van der Waals surface area contributed by atoms with Crippen LogP contribution in [0.3, 0.4) is 0 Å². The van der Waals surface area contributed by atoms with E-state index in [1.54, 1.807) is 6.92 Å². The Bertz CT molecular complexity index is 308. The SMILES string of the molecule is C[C@@H](O)CNc1c(F)cc(F)cc1Br. The van der Waals surface area contributed by atoms with Gasteiger partial charge in [-0.3, -0.25) is 0 Å². The van der Waals surface area contributed by atoms with Crippen LogP contribution in [0, 0.1) is 11.6 Å². The van der Waals surface area contributed by atoms with Gasteiger partial charge in [-0.15, -0.1) is 0 Å². The van der Waals surface area contributed by atoms with Crippen LogP contribution in [0.25, 0.3) is 0 Å². The largest absolute Gasteiger partial charge is 0.392 e. The van der Waals surface area contributed by atoms with Gasteiger partial charge in [0.1, 0.15) is 11.6 Å². The van der Waals surface area contributed by atoms with E-state index in [1.165, 1.54) is 0 Å². The summed E-state index contributed by atoms with van der Waals surface area (Å²) in [6.07, 6.45) is -0.591. The van der Waals surface area contributed by atoms with Crippen molar-refractivity contribution >= 4 is 21.6 Å². The molecular weight excluding hydrogens is 256 g/mol. The first kappa shape index (κ1) is 11.4. The summed E-state index contributed by atoms with van der Waals surface area (Å²) in [5, 5.41) is 11.6. The molecule has 0 saturated carbocycles. The average molecular weight is 266 g/mol. The van der Waals surface area contributed by atoms with Crippen molar-refractivity contribution in [1.82, 2.24) is 0 Å². The van der Waals surface area contributed by atoms with Crippen LogP contribution in [-0.4, -0.2) is 17.8 Å². The van der Waals surface area contributed by atoms with Gasteiger partial charge in [0.05, 0.1) is 11.8 Å². The zero-order valence-electron chi connectivity index (χ0n) is 7.52. The molecule has 1 aromatic carbocycles. The van der Waals surface area contributed by atoms with Crippen molar-refractivity contribution in [3.8, 4) is 0 Å². The van der Waals surface area contributed by atoms with Crippen molar-refractivity contribution < 1.29 is 13.9 Å². The second-order valence-corrected chi connectivity index (χ2v) is 3.83. The number of hydrogen-bond donors (Lipinski definition) is 2. The highest BCUT2D eigenvalue weighted by atomic mass is 79.9. The minimum absolute atomic E-state index is 0.160. The molecular formula is C9H10BrF2NO. The maximum absolute atomic E-state index is 13.1. The van der Waals surface area contributed by atoms with Crippen molar-refractivity contribution in [3.05, 3.63) is 28.2 Å². The first-order valence-electron chi connectivity index (χ1n) is 4.07. The molecule has 0 fully saturated rings. The molecule has 0 radical (unpaired) electrons. The van der Waals surface area contributed by atoms with Crippen LogP contribution in [0.2, 0.25) is 0 Å².